The number of benzene rings is 1. The number of nitrogens with one attached hydrogen (secondary N) is 2. The standard InChI is InChI=1S/C17H23N3O4S/c1-20(13-14-7-4-3-5-8-14)10-6-9-19-25(22,23)15-11-16(18-12-15)17(21)24-2/h3-5,7-8,11-12,18-19H,6,9-10,13H2,1-2H3. The maximum Gasteiger partial charge on any atom is 0.354 e. The molecular formula is C17H23N3O4S. The fraction of sp³-hybridized carbons (Fsp3) is 0.353. The molecule has 1 heterocycles. The number of nitrogens with zero attached hydrogens (tertiary/aromatic N) is 1. The molecule has 0 spiro atoms. The minimum absolute atomic E-state index is 0.0190. The largest absolute Gasteiger partial charge is 0.464 e. The third-order valence-corrected chi connectivity index (χ3v) is 5.12. The van der Waals surface area contributed by atoms with Gasteiger partial charge in [-0.3, -0.25) is 0 Å². The number of hydrogen-bond donors (Lipinski definition) is 2. The zero-order chi connectivity index (χ0) is 18.3. The van der Waals surface area contributed by atoms with E-state index in [1.165, 1.54) is 24.9 Å². The van der Waals surface area contributed by atoms with Gasteiger partial charge in [-0.2, -0.15) is 0 Å². The zero-order valence-electron chi connectivity index (χ0n) is 14.4. The van der Waals surface area contributed by atoms with Crippen LogP contribution in [0.5, 0.6) is 0 Å². The van der Waals surface area contributed by atoms with E-state index in [1.54, 1.807) is 0 Å². The molecule has 2 aromatic rings. The van der Waals surface area contributed by atoms with E-state index in [0.29, 0.717) is 13.0 Å². The number of ether oxygens (including phenoxy) is 1. The Morgan fingerprint density at radius 1 is 1.28 bits per heavy atom. The highest BCUT2D eigenvalue weighted by Gasteiger charge is 2.18. The van der Waals surface area contributed by atoms with Crippen LogP contribution in [0.2, 0.25) is 0 Å². The average molecular weight is 365 g/mol. The third-order valence-electron chi connectivity index (χ3n) is 3.68. The molecule has 0 unspecified atom stereocenters. The number of hydrogen-bond acceptors (Lipinski definition) is 5. The minimum Gasteiger partial charge on any atom is -0.464 e. The van der Waals surface area contributed by atoms with E-state index in [-0.39, 0.29) is 10.6 Å². The fourth-order valence-corrected chi connectivity index (χ4v) is 3.44. The quantitative estimate of drug-likeness (QED) is 0.520. The number of aromatic nitrogens is 1. The minimum atomic E-state index is -3.65. The summed E-state index contributed by atoms with van der Waals surface area (Å²) in [7, 11) is -0.412. The Balaban J connectivity index is 1.78. The monoisotopic (exact) mass is 365 g/mol. The Hall–Kier alpha value is -2.16. The predicted octanol–water partition coefficient (Wildman–Crippen LogP) is 1.60. The van der Waals surface area contributed by atoms with Crippen molar-refractivity contribution >= 4 is 16.0 Å². The van der Waals surface area contributed by atoms with Gasteiger partial charge in [0, 0.05) is 19.3 Å². The topological polar surface area (TPSA) is 91.5 Å². The summed E-state index contributed by atoms with van der Waals surface area (Å²) in [6, 6.07) is 11.3. The van der Waals surface area contributed by atoms with E-state index in [2.05, 4.69) is 31.5 Å². The second kappa shape index (κ2) is 8.80. The molecule has 2 rings (SSSR count). The first-order chi connectivity index (χ1) is 11.9. The predicted molar refractivity (Wildman–Crippen MR) is 94.7 cm³/mol. The first-order valence-electron chi connectivity index (χ1n) is 7.91. The molecule has 8 heteroatoms. The molecule has 25 heavy (non-hydrogen) atoms. The molecule has 0 radical (unpaired) electrons. The molecule has 1 aromatic heterocycles. The molecule has 0 aliphatic carbocycles. The number of esters is 1. The lowest BCUT2D eigenvalue weighted by molar-refractivity contribution is 0.0594. The van der Waals surface area contributed by atoms with E-state index in [1.807, 2.05) is 25.2 Å². The molecule has 0 saturated carbocycles. The summed E-state index contributed by atoms with van der Waals surface area (Å²) < 4.78 is 31.5. The lowest BCUT2D eigenvalue weighted by atomic mass is 10.2. The Kier molecular flexibility index (Phi) is 6.74. The van der Waals surface area contributed by atoms with Gasteiger partial charge in [-0.15, -0.1) is 0 Å². The summed E-state index contributed by atoms with van der Waals surface area (Å²) in [5, 5.41) is 0. The van der Waals surface area contributed by atoms with Crippen LogP contribution < -0.4 is 4.72 Å². The summed E-state index contributed by atoms with van der Waals surface area (Å²) in [5.41, 5.74) is 1.32. The van der Waals surface area contributed by atoms with Gasteiger partial charge in [-0.1, -0.05) is 30.3 Å². The molecule has 136 valence electrons. The molecular weight excluding hydrogens is 342 g/mol. The van der Waals surface area contributed by atoms with E-state index >= 15 is 0 Å². The van der Waals surface area contributed by atoms with Gasteiger partial charge in [-0.05, 0) is 31.6 Å². The van der Waals surface area contributed by atoms with Gasteiger partial charge >= 0.3 is 5.97 Å². The highest BCUT2D eigenvalue weighted by molar-refractivity contribution is 7.89. The van der Waals surface area contributed by atoms with Crippen molar-refractivity contribution in [1.82, 2.24) is 14.6 Å². The number of H-pyrrole nitrogens is 1. The maximum atomic E-state index is 12.2. The molecule has 2 N–H and O–H groups in total. The SMILES string of the molecule is COC(=O)c1cc(S(=O)(=O)NCCCN(C)Cc2ccccc2)c[nH]1. The molecule has 0 fully saturated rings. The molecule has 0 amide bonds. The van der Waals surface area contributed by atoms with Crippen LogP contribution in [0, 0.1) is 0 Å². The van der Waals surface area contributed by atoms with Crippen LogP contribution >= 0.6 is 0 Å². The molecule has 0 aliphatic rings. The number of methoxy groups -OCH3 is 1. The van der Waals surface area contributed by atoms with Crippen molar-refractivity contribution in [2.45, 2.75) is 17.9 Å². The van der Waals surface area contributed by atoms with Gasteiger partial charge in [0.15, 0.2) is 0 Å². The second-order valence-corrected chi connectivity index (χ2v) is 7.48. The van der Waals surface area contributed by atoms with E-state index in [9.17, 15) is 13.2 Å². The Morgan fingerprint density at radius 3 is 2.68 bits per heavy atom. The number of aromatic amines is 1. The van der Waals surface area contributed by atoms with Gasteiger partial charge in [0.05, 0.1) is 7.11 Å². The molecule has 0 saturated heterocycles. The number of rotatable bonds is 9. The summed E-state index contributed by atoms with van der Waals surface area (Å²) >= 11 is 0. The number of sulfonamides is 1. The van der Waals surface area contributed by atoms with Gasteiger partial charge in [0.2, 0.25) is 10.0 Å². The molecule has 0 bridgehead atoms. The maximum absolute atomic E-state index is 12.2. The van der Waals surface area contributed by atoms with E-state index < -0.39 is 16.0 Å². The van der Waals surface area contributed by atoms with Crippen molar-refractivity contribution in [1.29, 1.82) is 0 Å². The summed E-state index contributed by atoms with van der Waals surface area (Å²) in [6.45, 7) is 1.89. The molecule has 0 aliphatic heterocycles. The van der Waals surface area contributed by atoms with E-state index in [4.69, 9.17) is 0 Å². The van der Waals surface area contributed by atoms with Crippen molar-refractivity contribution in [3.8, 4) is 0 Å². The van der Waals surface area contributed by atoms with Crippen molar-refractivity contribution in [2.75, 3.05) is 27.2 Å². The van der Waals surface area contributed by atoms with Gasteiger partial charge in [-0.25, -0.2) is 17.9 Å². The Labute approximate surface area is 148 Å². The van der Waals surface area contributed by atoms with Crippen LogP contribution in [0.1, 0.15) is 22.5 Å². The average Bonchev–Trinajstić information content (AvgIpc) is 3.10. The van der Waals surface area contributed by atoms with Crippen molar-refractivity contribution in [3.05, 3.63) is 53.9 Å². The summed E-state index contributed by atoms with van der Waals surface area (Å²) in [5.74, 6) is -0.607. The Bertz CT molecular complexity index is 787. The van der Waals surface area contributed by atoms with Crippen molar-refractivity contribution < 1.29 is 17.9 Å². The highest BCUT2D eigenvalue weighted by atomic mass is 32.2. The zero-order valence-corrected chi connectivity index (χ0v) is 15.2. The van der Waals surface area contributed by atoms with Crippen LogP contribution in [0.25, 0.3) is 0 Å². The van der Waals surface area contributed by atoms with E-state index in [0.717, 1.165) is 13.1 Å². The fourth-order valence-electron chi connectivity index (χ4n) is 2.37. The van der Waals surface area contributed by atoms with Gasteiger partial charge < -0.3 is 14.6 Å². The Morgan fingerprint density at radius 2 is 2.00 bits per heavy atom. The van der Waals surface area contributed by atoms with Crippen LogP contribution in [-0.4, -0.2) is 51.5 Å². The van der Waals surface area contributed by atoms with Crippen molar-refractivity contribution in [3.63, 3.8) is 0 Å². The summed E-state index contributed by atoms with van der Waals surface area (Å²) in [6.07, 6.45) is 1.95. The molecule has 7 nitrogen and oxygen atoms in total. The summed E-state index contributed by atoms with van der Waals surface area (Å²) in [4.78, 5) is 16.1. The highest BCUT2D eigenvalue weighted by Crippen LogP contribution is 2.11. The van der Waals surface area contributed by atoms with Crippen molar-refractivity contribution in [2.24, 2.45) is 0 Å². The van der Waals surface area contributed by atoms with Crippen LogP contribution in [0.15, 0.2) is 47.5 Å². The molecule has 0 atom stereocenters. The molecule has 1 aromatic carbocycles. The first-order valence-corrected chi connectivity index (χ1v) is 9.39. The second-order valence-electron chi connectivity index (χ2n) is 5.72. The van der Waals surface area contributed by atoms with Gasteiger partial charge in [0.25, 0.3) is 0 Å². The smallest absolute Gasteiger partial charge is 0.354 e. The number of carbonyl (C=O) groups excluding carboxylic acids is 1. The van der Waals surface area contributed by atoms with Gasteiger partial charge in [0.1, 0.15) is 10.6 Å². The normalized spacial score (nSPS) is 11.6. The third kappa shape index (κ3) is 5.70. The van der Waals surface area contributed by atoms with Crippen LogP contribution in [-0.2, 0) is 21.3 Å². The van der Waals surface area contributed by atoms with Crippen LogP contribution in [0.4, 0.5) is 0 Å². The first kappa shape index (κ1) is 19.2. The lowest BCUT2D eigenvalue weighted by Gasteiger charge is -2.16. The van der Waals surface area contributed by atoms with Crippen LogP contribution in [0.3, 0.4) is 0 Å². The number of carbonyl (C=O) groups is 1. The lowest BCUT2D eigenvalue weighted by Crippen LogP contribution is -2.28.